The van der Waals surface area contributed by atoms with Crippen molar-refractivity contribution in [3.05, 3.63) is 56.5 Å². The van der Waals surface area contributed by atoms with E-state index in [0.29, 0.717) is 10.7 Å². The average molecular weight is 442 g/mol. The number of rotatable bonds is 5. The molecule has 10 heteroatoms. The van der Waals surface area contributed by atoms with Crippen LogP contribution in [0, 0.1) is 0 Å². The Morgan fingerprint density at radius 1 is 0.960 bits per heavy atom. The van der Waals surface area contributed by atoms with E-state index >= 15 is 0 Å². The molecule has 1 amide bonds. The molecule has 2 rings (SSSR count). The number of hydrogen-bond donors (Lipinski definition) is 2. The molecule has 0 aliphatic heterocycles. The molecule has 0 aromatic heterocycles. The van der Waals surface area contributed by atoms with Crippen molar-refractivity contribution in [1.29, 1.82) is 0 Å². The fourth-order valence-electron chi connectivity index (χ4n) is 1.86. The maximum Gasteiger partial charge on any atom is 0.242 e. The van der Waals surface area contributed by atoms with E-state index < -0.39 is 22.0 Å². The number of benzene rings is 2. The maximum atomic E-state index is 12.4. The lowest BCUT2D eigenvalue weighted by atomic mass is 10.3. The number of sulfonamides is 1. The summed E-state index contributed by atoms with van der Waals surface area (Å²) in [4.78, 5) is 12.0. The second-order valence-electron chi connectivity index (χ2n) is 5.04. The first-order valence-electron chi connectivity index (χ1n) is 6.83. The van der Waals surface area contributed by atoms with Gasteiger partial charge in [0.15, 0.2) is 0 Å². The number of halogens is 4. The molecule has 2 N–H and O–H groups in total. The van der Waals surface area contributed by atoms with Crippen LogP contribution < -0.4 is 10.0 Å². The first-order valence-corrected chi connectivity index (χ1v) is 9.83. The van der Waals surface area contributed by atoms with Crippen LogP contribution in [-0.2, 0) is 14.8 Å². The van der Waals surface area contributed by atoms with Crippen LogP contribution in [-0.4, -0.2) is 20.4 Å². The van der Waals surface area contributed by atoms with Gasteiger partial charge in [0.05, 0.1) is 21.1 Å². The van der Waals surface area contributed by atoms with Gasteiger partial charge in [-0.05, 0) is 43.3 Å². The van der Waals surface area contributed by atoms with Gasteiger partial charge < -0.3 is 5.32 Å². The Hall–Kier alpha value is -1.02. The number of hydrogen-bond acceptors (Lipinski definition) is 3. The molecule has 2 aromatic rings. The van der Waals surface area contributed by atoms with Gasteiger partial charge in [-0.15, -0.1) is 0 Å². The standard InChI is InChI=1S/C15H12Cl4N2O3S/c1-8(15(22)20-10-3-5-11(17)13(19)7-10)21-25(23,24)14-6-9(16)2-4-12(14)18/h2-8,21H,1H3,(H,20,22). The highest BCUT2D eigenvalue weighted by atomic mass is 35.5. The fourth-order valence-corrected chi connectivity index (χ4v) is 4.12. The van der Waals surface area contributed by atoms with Crippen molar-refractivity contribution >= 4 is 68.0 Å². The summed E-state index contributed by atoms with van der Waals surface area (Å²) in [6.45, 7) is 1.39. The minimum atomic E-state index is -4.04. The van der Waals surface area contributed by atoms with Gasteiger partial charge in [0.2, 0.25) is 15.9 Å². The van der Waals surface area contributed by atoms with Gasteiger partial charge in [-0.2, -0.15) is 4.72 Å². The van der Waals surface area contributed by atoms with Crippen molar-refractivity contribution in [1.82, 2.24) is 4.72 Å². The molecule has 0 saturated heterocycles. The first-order chi connectivity index (χ1) is 11.6. The molecular weight excluding hydrogens is 430 g/mol. The zero-order valence-electron chi connectivity index (χ0n) is 12.7. The lowest BCUT2D eigenvalue weighted by molar-refractivity contribution is -0.117. The zero-order chi connectivity index (χ0) is 18.8. The number of anilines is 1. The van der Waals surface area contributed by atoms with E-state index in [9.17, 15) is 13.2 Å². The Labute approximate surface area is 165 Å². The van der Waals surface area contributed by atoms with Gasteiger partial charge in [0.1, 0.15) is 4.90 Å². The molecule has 5 nitrogen and oxygen atoms in total. The largest absolute Gasteiger partial charge is 0.325 e. The summed E-state index contributed by atoms with van der Waals surface area (Å²) < 4.78 is 27.0. The normalized spacial score (nSPS) is 12.7. The van der Waals surface area contributed by atoms with E-state index in [1.807, 2.05) is 0 Å². The SMILES string of the molecule is CC(NS(=O)(=O)c1cc(Cl)ccc1Cl)C(=O)Nc1ccc(Cl)c(Cl)c1. The molecule has 1 unspecified atom stereocenters. The molecule has 0 spiro atoms. The molecule has 0 saturated carbocycles. The highest BCUT2D eigenvalue weighted by Gasteiger charge is 2.24. The first kappa shape index (κ1) is 20.3. The van der Waals surface area contributed by atoms with E-state index in [2.05, 4.69) is 10.0 Å². The van der Waals surface area contributed by atoms with Crippen molar-refractivity contribution in [2.24, 2.45) is 0 Å². The molecule has 2 aromatic carbocycles. The van der Waals surface area contributed by atoms with Crippen LogP contribution in [0.4, 0.5) is 5.69 Å². The Morgan fingerprint density at radius 3 is 2.24 bits per heavy atom. The topological polar surface area (TPSA) is 75.3 Å². The van der Waals surface area contributed by atoms with Crippen LogP contribution in [0.3, 0.4) is 0 Å². The Balaban J connectivity index is 2.14. The van der Waals surface area contributed by atoms with Gasteiger partial charge >= 0.3 is 0 Å². The molecule has 0 aliphatic carbocycles. The van der Waals surface area contributed by atoms with Crippen LogP contribution in [0.2, 0.25) is 20.1 Å². The molecule has 0 bridgehead atoms. The summed E-state index contributed by atoms with van der Waals surface area (Å²) in [6, 6.07) is 7.46. The summed E-state index contributed by atoms with van der Waals surface area (Å²) in [6.07, 6.45) is 0. The third-order valence-electron chi connectivity index (χ3n) is 3.10. The zero-order valence-corrected chi connectivity index (χ0v) is 16.5. The van der Waals surface area contributed by atoms with Gasteiger partial charge in [0.25, 0.3) is 0 Å². The summed E-state index contributed by atoms with van der Waals surface area (Å²) >= 11 is 23.4. The van der Waals surface area contributed by atoms with Crippen molar-refractivity contribution in [2.45, 2.75) is 17.9 Å². The maximum absolute atomic E-state index is 12.4. The van der Waals surface area contributed by atoms with E-state index in [1.165, 1.54) is 37.3 Å². The Morgan fingerprint density at radius 2 is 1.60 bits per heavy atom. The molecule has 0 heterocycles. The Kier molecular flexibility index (Phi) is 6.59. The molecule has 1 atom stereocenters. The molecule has 0 fully saturated rings. The van der Waals surface area contributed by atoms with Crippen LogP contribution in [0.1, 0.15) is 6.92 Å². The fraction of sp³-hybridized carbons (Fsp3) is 0.133. The van der Waals surface area contributed by atoms with Crippen molar-refractivity contribution in [3.8, 4) is 0 Å². The van der Waals surface area contributed by atoms with E-state index in [0.717, 1.165) is 0 Å². The third-order valence-corrected chi connectivity index (χ3v) is 6.09. The predicted molar refractivity (Wildman–Crippen MR) is 101 cm³/mol. The quantitative estimate of drug-likeness (QED) is 0.711. The summed E-state index contributed by atoms with van der Waals surface area (Å²) in [7, 11) is -4.04. The van der Waals surface area contributed by atoms with Crippen molar-refractivity contribution < 1.29 is 13.2 Å². The number of amides is 1. The monoisotopic (exact) mass is 440 g/mol. The third kappa shape index (κ3) is 5.23. The highest BCUT2D eigenvalue weighted by Crippen LogP contribution is 2.26. The average Bonchev–Trinajstić information content (AvgIpc) is 2.52. The van der Waals surface area contributed by atoms with Crippen LogP contribution in [0.25, 0.3) is 0 Å². The summed E-state index contributed by atoms with van der Waals surface area (Å²) in [5, 5.41) is 3.34. The van der Waals surface area contributed by atoms with Gasteiger partial charge in [-0.25, -0.2) is 8.42 Å². The van der Waals surface area contributed by atoms with Gasteiger partial charge in [-0.1, -0.05) is 46.4 Å². The van der Waals surface area contributed by atoms with Crippen molar-refractivity contribution in [3.63, 3.8) is 0 Å². The molecule has 0 aliphatic rings. The molecular formula is C15H12Cl4N2O3S. The number of nitrogens with one attached hydrogen (secondary N) is 2. The van der Waals surface area contributed by atoms with E-state index in [4.69, 9.17) is 46.4 Å². The molecule has 134 valence electrons. The van der Waals surface area contributed by atoms with E-state index in [1.54, 1.807) is 6.07 Å². The second-order valence-corrected chi connectivity index (χ2v) is 8.38. The minimum Gasteiger partial charge on any atom is -0.325 e. The smallest absolute Gasteiger partial charge is 0.242 e. The predicted octanol–water partition coefficient (Wildman–Crippen LogP) is 4.61. The lowest BCUT2D eigenvalue weighted by Gasteiger charge is -2.15. The summed E-state index contributed by atoms with van der Waals surface area (Å²) in [5.41, 5.74) is 0.381. The van der Waals surface area contributed by atoms with Crippen LogP contribution >= 0.6 is 46.4 Å². The molecule has 25 heavy (non-hydrogen) atoms. The van der Waals surface area contributed by atoms with Gasteiger partial charge in [-0.3, -0.25) is 4.79 Å². The van der Waals surface area contributed by atoms with Gasteiger partial charge in [0, 0.05) is 10.7 Å². The number of carbonyl (C=O) groups excluding carboxylic acids is 1. The lowest BCUT2D eigenvalue weighted by Crippen LogP contribution is -2.41. The highest BCUT2D eigenvalue weighted by molar-refractivity contribution is 7.89. The second kappa shape index (κ2) is 8.12. The van der Waals surface area contributed by atoms with Crippen LogP contribution in [0.5, 0.6) is 0 Å². The number of carbonyl (C=O) groups is 1. The summed E-state index contributed by atoms with van der Waals surface area (Å²) in [5.74, 6) is -0.583. The minimum absolute atomic E-state index is 0.00556. The molecule has 0 radical (unpaired) electrons. The van der Waals surface area contributed by atoms with Crippen molar-refractivity contribution in [2.75, 3.05) is 5.32 Å². The van der Waals surface area contributed by atoms with Crippen LogP contribution in [0.15, 0.2) is 41.3 Å². The Bertz CT molecular complexity index is 919. The van der Waals surface area contributed by atoms with E-state index in [-0.39, 0.29) is 20.0 Å².